The number of nitrogens with one attached hydrogen (secondary N) is 2. The first-order chi connectivity index (χ1) is 11.2. The molecule has 6 heteroatoms. The molecule has 1 fully saturated rings. The fraction of sp³-hybridized carbons (Fsp3) is 0.611. The molecule has 0 unspecified atom stereocenters. The number of piperidine rings is 1. The van der Waals surface area contributed by atoms with Crippen LogP contribution in [0.1, 0.15) is 32.3 Å². The van der Waals surface area contributed by atoms with Gasteiger partial charge in [0.1, 0.15) is 0 Å². The molecule has 0 aliphatic carbocycles. The Kier molecular flexibility index (Phi) is 9.57. The van der Waals surface area contributed by atoms with Gasteiger partial charge >= 0.3 is 0 Å². The van der Waals surface area contributed by atoms with Gasteiger partial charge in [-0.2, -0.15) is 0 Å². The van der Waals surface area contributed by atoms with Gasteiger partial charge in [0.05, 0.1) is 19.1 Å². The molecule has 24 heavy (non-hydrogen) atoms. The van der Waals surface area contributed by atoms with E-state index < -0.39 is 0 Å². The summed E-state index contributed by atoms with van der Waals surface area (Å²) in [4.78, 5) is 12.1. The summed E-state index contributed by atoms with van der Waals surface area (Å²) in [5, 5.41) is 6.31. The maximum Gasteiger partial charge on any atom is 0.224 e. The van der Waals surface area contributed by atoms with E-state index in [1.807, 2.05) is 32.0 Å². The van der Waals surface area contributed by atoms with E-state index in [4.69, 9.17) is 9.47 Å². The molecule has 0 aromatic heterocycles. The number of benzene rings is 1. The molecule has 2 rings (SSSR count). The first-order valence-electron chi connectivity index (χ1n) is 8.61. The minimum absolute atomic E-state index is 0. The Morgan fingerprint density at radius 1 is 1.25 bits per heavy atom. The summed E-state index contributed by atoms with van der Waals surface area (Å²) in [6.45, 7) is 7.61. The average molecular weight is 357 g/mol. The molecule has 1 atom stereocenters. The first-order valence-corrected chi connectivity index (χ1v) is 8.61. The van der Waals surface area contributed by atoms with Gasteiger partial charge in [0.25, 0.3) is 0 Å². The van der Waals surface area contributed by atoms with E-state index in [0.29, 0.717) is 19.8 Å². The Hall–Kier alpha value is -1.46. The number of hydrogen-bond donors (Lipinski definition) is 2. The summed E-state index contributed by atoms with van der Waals surface area (Å²) in [6, 6.07) is 5.97. The topological polar surface area (TPSA) is 59.6 Å². The lowest BCUT2D eigenvalue weighted by Gasteiger charge is -2.21. The monoisotopic (exact) mass is 356 g/mol. The van der Waals surface area contributed by atoms with Crippen molar-refractivity contribution in [3.8, 4) is 11.5 Å². The summed E-state index contributed by atoms with van der Waals surface area (Å²) in [5.74, 6) is 1.82. The van der Waals surface area contributed by atoms with Crippen molar-refractivity contribution in [3.05, 3.63) is 23.8 Å². The molecule has 2 N–H and O–H groups in total. The van der Waals surface area contributed by atoms with Gasteiger partial charge in [-0.3, -0.25) is 4.79 Å². The SMILES string of the molecule is CCOc1ccc(CCNC(=O)[C@@H]2CCCNC2)cc1OCC.Cl. The zero-order chi connectivity index (χ0) is 16.5. The molecule has 0 bridgehead atoms. The standard InChI is InChI=1S/C18H28N2O3.ClH/c1-3-22-16-8-7-14(12-17(16)23-4-2)9-11-20-18(21)15-6-5-10-19-13-15;/h7-8,12,15,19H,3-6,9-11,13H2,1-2H3,(H,20,21);1H/t15-;/m1./s1. The first kappa shape index (κ1) is 20.6. The van der Waals surface area contributed by atoms with Crippen molar-refractivity contribution in [2.24, 2.45) is 5.92 Å². The van der Waals surface area contributed by atoms with Crippen molar-refractivity contribution >= 4 is 18.3 Å². The van der Waals surface area contributed by atoms with Crippen molar-refractivity contribution in [3.63, 3.8) is 0 Å². The van der Waals surface area contributed by atoms with Crippen LogP contribution in [0.25, 0.3) is 0 Å². The number of ether oxygens (including phenoxy) is 2. The second kappa shape index (κ2) is 11.2. The second-order valence-electron chi connectivity index (χ2n) is 5.73. The number of carbonyl (C=O) groups excluding carboxylic acids is 1. The third-order valence-electron chi connectivity index (χ3n) is 3.99. The maximum absolute atomic E-state index is 12.1. The molecular formula is C18H29ClN2O3. The highest BCUT2D eigenvalue weighted by atomic mass is 35.5. The molecular weight excluding hydrogens is 328 g/mol. The predicted octanol–water partition coefficient (Wildman–Crippen LogP) is 2.56. The summed E-state index contributed by atoms with van der Waals surface area (Å²) >= 11 is 0. The van der Waals surface area contributed by atoms with E-state index in [0.717, 1.165) is 49.4 Å². The molecule has 0 radical (unpaired) electrons. The Morgan fingerprint density at radius 3 is 2.67 bits per heavy atom. The van der Waals surface area contributed by atoms with Gasteiger partial charge in [-0.1, -0.05) is 6.07 Å². The van der Waals surface area contributed by atoms with Gasteiger partial charge in [0, 0.05) is 13.1 Å². The van der Waals surface area contributed by atoms with Gasteiger partial charge in [-0.05, 0) is 57.4 Å². The van der Waals surface area contributed by atoms with E-state index in [1.54, 1.807) is 0 Å². The van der Waals surface area contributed by atoms with Gasteiger partial charge < -0.3 is 20.1 Å². The number of carbonyl (C=O) groups is 1. The lowest BCUT2D eigenvalue weighted by molar-refractivity contribution is -0.125. The Bertz CT molecular complexity index is 505. The van der Waals surface area contributed by atoms with Crippen LogP contribution in [0.3, 0.4) is 0 Å². The van der Waals surface area contributed by atoms with Crippen LogP contribution in [0.2, 0.25) is 0 Å². The molecule has 1 amide bonds. The molecule has 5 nitrogen and oxygen atoms in total. The molecule has 1 aromatic carbocycles. The minimum atomic E-state index is 0. The Balaban J connectivity index is 0.00000288. The number of rotatable bonds is 8. The summed E-state index contributed by atoms with van der Waals surface area (Å²) in [7, 11) is 0. The fourth-order valence-electron chi connectivity index (χ4n) is 2.80. The summed E-state index contributed by atoms with van der Waals surface area (Å²) < 4.78 is 11.2. The van der Waals surface area contributed by atoms with Crippen molar-refractivity contribution in [1.82, 2.24) is 10.6 Å². The fourth-order valence-corrected chi connectivity index (χ4v) is 2.80. The van der Waals surface area contributed by atoms with Crippen LogP contribution in [0, 0.1) is 5.92 Å². The van der Waals surface area contributed by atoms with Crippen LogP contribution >= 0.6 is 12.4 Å². The average Bonchev–Trinajstić information content (AvgIpc) is 2.58. The molecule has 1 aliphatic rings. The zero-order valence-electron chi connectivity index (χ0n) is 14.6. The van der Waals surface area contributed by atoms with Crippen molar-refractivity contribution in [2.75, 3.05) is 32.8 Å². The van der Waals surface area contributed by atoms with Crippen molar-refractivity contribution in [2.45, 2.75) is 33.1 Å². The Morgan fingerprint density at radius 2 is 2.00 bits per heavy atom. The maximum atomic E-state index is 12.1. The van der Waals surface area contributed by atoms with Crippen LogP contribution in [0.4, 0.5) is 0 Å². The molecule has 1 saturated heterocycles. The van der Waals surface area contributed by atoms with Gasteiger partial charge in [0.15, 0.2) is 11.5 Å². The second-order valence-corrected chi connectivity index (χ2v) is 5.73. The minimum Gasteiger partial charge on any atom is -0.490 e. The predicted molar refractivity (Wildman–Crippen MR) is 98.3 cm³/mol. The number of hydrogen-bond acceptors (Lipinski definition) is 4. The zero-order valence-corrected chi connectivity index (χ0v) is 15.4. The lowest BCUT2D eigenvalue weighted by Crippen LogP contribution is -2.41. The molecule has 1 aliphatic heterocycles. The van der Waals surface area contributed by atoms with Crippen molar-refractivity contribution in [1.29, 1.82) is 0 Å². The molecule has 1 heterocycles. The highest BCUT2D eigenvalue weighted by Gasteiger charge is 2.20. The van der Waals surface area contributed by atoms with Crippen LogP contribution < -0.4 is 20.1 Å². The van der Waals surface area contributed by atoms with E-state index >= 15 is 0 Å². The highest BCUT2D eigenvalue weighted by Crippen LogP contribution is 2.28. The molecule has 0 saturated carbocycles. The van der Waals surface area contributed by atoms with Gasteiger partial charge in [0.2, 0.25) is 5.91 Å². The lowest BCUT2D eigenvalue weighted by atomic mass is 9.99. The number of amides is 1. The quantitative estimate of drug-likeness (QED) is 0.751. The largest absolute Gasteiger partial charge is 0.490 e. The van der Waals surface area contributed by atoms with Crippen LogP contribution in [-0.2, 0) is 11.2 Å². The Labute approximate surface area is 150 Å². The normalized spacial score (nSPS) is 16.8. The highest BCUT2D eigenvalue weighted by molar-refractivity contribution is 5.85. The van der Waals surface area contributed by atoms with E-state index in [1.165, 1.54) is 0 Å². The summed E-state index contributed by atoms with van der Waals surface area (Å²) in [5.41, 5.74) is 1.14. The third-order valence-corrected chi connectivity index (χ3v) is 3.99. The van der Waals surface area contributed by atoms with Gasteiger partial charge in [-0.15, -0.1) is 12.4 Å². The number of halogens is 1. The van der Waals surface area contributed by atoms with E-state index in [9.17, 15) is 4.79 Å². The molecule has 136 valence electrons. The van der Waals surface area contributed by atoms with E-state index in [2.05, 4.69) is 10.6 Å². The summed E-state index contributed by atoms with van der Waals surface area (Å²) in [6.07, 6.45) is 2.85. The van der Waals surface area contributed by atoms with Crippen LogP contribution in [0.5, 0.6) is 11.5 Å². The third kappa shape index (κ3) is 6.21. The van der Waals surface area contributed by atoms with Gasteiger partial charge in [-0.25, -0.2) is 0 Å². The van der Waals surface area contributed by atoms with E-state index in [-0.39, 0.29) is 24.2 Å². The smallest absolute Gasteiger partial charge is 0.224 e. The molecule has 1 aromatic rings. The van der Waals surface area contributed by atoms with Crippen molar-refractivity contribution < 1.29 is 14.3 Å². The van der Waals surface area contributed by atoms with Crippen LogP contribution in [0.15, 0.2) is 18.2 Å². The van der Waals surface area contributed by atoms with Crippen LogP contribution in [-0.4, -0.2) is 38.8 Å². The molecule has 0 spiro atoms.